The van der Waals surface area contributed by atoms with Gasteiger partial charge < -0.3 is 10.1 Å². The number of guanidine groups is 1. The first-order chi connectivity index (χ1) is 15.8. The summed E-state index contributed by atoms with van der Waals surface area (Å²) in [5.74, 6) is -1.26. The van der Waals surface area contributed by atoms with Gasteiger partial charge in [0.1, 0.15) is 5.82 Å². The zero-order chi connectivity index (χ0) is 24.0. The van der Waals surface area contributed by atoms with Crippen LogP contribution in [0.4, 0.5) is 10.1 Å². The molecule has 2 N–H and O–H groups in total. The number of hydrogen-bond donors (Lipinski definition) is 2. The first-order valence-electron chi connectivity index (χ1n) is 10.4. The third-order valence-corrected chi connectivity index (χ3v) is 5.03. The number of hydrogen-bond acceptors (Lipinski definition) is 5. The minimum atomic E-state index is -0.511. The zero-order valence-corrected chi connectivity index (χ0v) is 19.0. The van der Waals surface area contributed by atoms with Crippen molar-refractivity contribution in [3.8, 4) is 0 Å². The van der Waals surface area contributed by atoms with Crippen molar-refractivity contribution in [2.24, 2.45) is 12.0 Å². The minimum Gasteiger partial charge on any atom is -0.462 e. The van der Waals surface area contributed by atoms with Crippen molar-refractivity contribution in [1.82, 2.24) is 15.1 Å². The number of anilines is 1. The molecular formula is C24H26FN5O3. The summed E-state index contributed by atoms with van der Waals surface area (Å²) in [5, 5.41) is 10.1. The summed E-state index contributed by atoms with van der Waals surface area (Å²) in [5.41, 5.74) is 3.91. The van der Waals surface area contributed by atoms with Crippen LogP contribution in [0.3, 0.4) is 0 Å². The van der Waals surface area contributed by atoms with E-state index in [1.807, 2.05) is 20.9 Å². The van der Waals surface area contributed by atoms with Crippen LogP contribution in [-0.4, -0.2) is 34.2 Å². The summed E-state index contributed by atoms with van der Waals surface area (Å²) in [6, 6.07) is 12.0. The van der Waals surface area contributed by atoms with Crippen molar-refractivity contribution in [3.05, 3.63) is 82.4 Å². The maximum Gasteiger partial charge on any atom is 0.338 e. The summed E-state index contributed by atoms with van der Waals surface area (Å²) in [6.07, 6.45) is 0. The number of nitrogens with one attached hydrogen (secondary N) is 2. The minimum absolute atomic E-state index is 0.163. The van der Waals surface area contributed by atoms with Gasteiger partial charge in [0, 0.05) is 29.6 Å². The maximum absolute atomic E-state index is 13.6. The van der Waals surface area contributed by atoms with E-state index >= 15 is 0 Å². The molecule has 3 rings (SSSR count). The lowest BCUT2D eigenvalue weighted by atomic mass is 10.2. The van der Waals surface area contributed by atoms with Gasteiger partial charge in [-0.05, 0) is 63.2 Å². The number of nitrogens with zero attached hydrogens (tertiary/aromatic N) is 3. The van der Waals surface area contributed by atoms with Crippen molar-refractivity contribution >= 4 is 23.5 Å². The Kier molecular flexibility index (Phi) is 7.55. The summed E-state index contributed by atoms with van der Waals surface area (Å²) >= 11 is 0. The average Bonchev–Trinajstić information content (AvgIpc) is 3.03. The lowest BCUT2D eigenvalue weighted by Crippen LogP contribution is -2.36. The van der Waals surface area contributed by atoms with Crippen LogP contribution in [0.2, 0.25) is 0 Å². The molecule has 0 radical (unpaired) electrons. The molecule has 33 heavy (non-hydrogen) atoms. The summed E-state index contributed by atoms with van der Waals surface area (Å²) in [4.78, 5) is 29.1. The average molecular weight is 452 g/mol. The van der Waals surface area contributed by atoms with Crippen molar-refractivity contribution < 1.29 is 18.7 Å². The first-order valence-corrected chi connectivity index (χ1v) is 10.4. The van der Waals surface area contributed by atoms with Crippen LogP contribution in [-0.2, 0) is 18.3 Å². The Bertz CT molecular complexity index is 1190. The Morgan fingerprint density at radius 1 is 1.12 bits per heavy atom. The predicted molar refractivity (Wildman–Crippen MR) is 124 cm³/mol. The van der Waals surface area contributed by atoms with Gasteiger partial charge in [-0.25, -0.2) is 14.2 Å². The van der Waals surface area contributed by atoms with Crippen LogP contribution in [0, 0.1) is 19.7 Å². The molecule has 0 atom stereocenters. The number of aliphatic imine (C=N–C) groups is 1. The molecule has 8 nitrogen and oxygen atoms in total. The topological polar surface area (TPSA) is 97.6 Å². The highest BCUT2D eigenvalue weighted by molar-refractivity contribution is 6.10. The van der Waals surface area contributed by atoms with Gasteiger partial charge in [-0.2, -0.15) is 5.10 Å². The predicted octanol–water partition coefficient (Wildman–Crippen LogP) is 3.75. The van der Waals surface area contributed by atoms with Gasteiger partial charge in [0.05, 0.1) is 24.4 Å². The standard InChI is InChI=1S/C24H26FN5O3/c1-5-33-23(32)17-9-11-20(12-10-17)27-24(26-14-21-15(2)29-30(4)16(21)3)28-22(31)18-7-6-8-19(25)13-18/h6-13H,5,14H2,1-4H3,(H2,26,27,28,31). The molecule has 1 heterocycles. The number of carbonyl (C=O) groups is 2. The molecule has 0 aliphatic heterocycles. The van der Waals surface area contributed by atoms with E-state index in [4.69, 9.17) is 4.74 Å². The van der Waals surface area contributed by atoms with E-state index in [-0.39, 0.29) is 24.7 Å². The largest absolute Gasteiger partial charge is 0.462 e. The fraction of sp³-hybridized carbons (Fsp3) is 0.250. The Labute approximate surface area is 191 Å². The van der Waals surface area contributed by atoms with Gasteiger partial charge in [-0.3, -0.25) is 14.8 Å². The normalized spacial score (nSPS) is 11.2. The van der Waals surface area contributed by atoms with Crippen molar-refractivity contribution in [1.29, 1.82) is 0 Å². The van der Waals surface area contributed by atoms with E-state index in [0.717, 1.165) is 23.0 Å². The Hall–Kier alpha value is -4.01. The first kappa shape index (κ1) is 23.6. The molecule has 9 heteroatoms. The quantitative estimate of drug-likeness (QED) is 0.338. The van der Waals surface area contributed by atoms with Crippen molar-refractivity contribution in [2.75, 3.05) is 11.9 Å². The Balaban J connectivity index is 1.84. The van der Waals surface area contributed by atoms with Gasteiger partial charge in [0.2, 0.25) is 5.96 Å². The Morgan fingerprint density at radius 3 is 2.45 bits per heavy atom. The highest BCUT2D eigenvalue weighted by Crippen LogP contribution is 2.14. The molecule has 0 fully saturated rings. The van der Waals surface area contributed by atoms with Crippen LogP contribution in [0.5, 0.6) is 0 Å². The fourth-order valence-electron chi connectivity index (χ4n) is 3.16. The van der Waals surface area contributed by atoms with Crippen molar-refractivity contribution in [2.45, 2.75) is 27.3 Å². The monoisotopic (exact) mass is 451 g/mol. The van der Waals surface area contributed by atoms with E-state index < -0.39 is 17.7 Å². The third kappa shape index (κ3) is 6.03. The fourth-order valence-corrected chi connectivity index (χ4v) is 3.16. The molecule has 1 aromatic heterocycles. The number of aromatic nitrogens is 2. The van der Waals surface area contributed by atoms with Gasteiger partial charge in [-0.15, -0.1) is 0 Å². The van der Waals surface area contributed by atoms with E-state index in [0.29, 0.717) is 11.3 Å². The van der Waals surface area contributed by atoms with Crippen LogP contribution in [0.1, 0.15) is 44.6 Å². The highest BCUT2D eigenvalue weighted by atomic mass is 19.1. The van der Waals surface area contributed by atoms with Gasteiger partial charge >= 0.3 is 5.97 Å². The SMILES string of the molecule is CCOC(=O)c1ccc(NC(=NCc2c(C)nn(C)c2C)NC(=O)c2cccc(F)c2)cc1. The summed E-state index contributed by atoms with van der Waals surface area (Å²) in [6.45, 7) is 6.14. The third-order valence-electron chi connectivity index (χ3n) is 5.03. The molecule has 3 aromatic rings. The number of ether oxygens (including phenoxy) is 1. The number of aryl methyl sites for hydroxylation is 2. The molecular weight excluding hydrogens is 425 g/mol. The number of amides is 1. The number of rotatable bonds is 6. The highest BCUT2D eigenvalue weighted by Gasteiger charge is 2.13. The molecule has 0 unspecified atom stereocenters. The second-order valence-electron chi connectivity index (χ2n) is 7.33. The number of benzene rings is 2. The van der Waals surface area contributed by atoms with E-state index in [1.165, 1.54) is 18.2 Å². The van der Waals surface area contributed by atoms with Gasteiger partial charge in [0.15, 0.2) is 0 Å². The summed E-state index contributed by atoms with van der Waals surface area (Å²) < 4.78 is 20.3. The maximum atomic E-state index is 13.6. The van der Waals surface area contributed by atoms with Crippen LogP contribution in [0.15, 0.2) is 53.5 Å². The van der Waals surface area contributed by atoms with E-state index in [2.05, 4.69) is 20.7 Å². The van der Waals surface area contributed by atoms with Gasteiger partial charge in [-0.1, -0.05) is 6.07 Å². The lowest BCUT2D eigenvalue weighted by Gasteiger charge is -2.13. The molecule has 1 amide bonds. The molecule has 0 saturated heterocycles. The van der Waals surface area contributed by atoms with Crippen LogP contribution < -0.4 is 10.6 Å². The summed E-state index contributed by atoms with van der Waals surface area (Å²) in [7, 11) is 1.85. The molecule has 0 bridgehead atoms. The molecule has 2 aromatic carbocycles. The van der Waals surface area contributed by atoms with E-state index in [9.17, 15) is 14.0 Å². The molecule has 0 aliphatic rings. The van der Waals surface area contributed by atoms with Crippen LogP contribution in [0.25, 0.3) is 0 Å². The number of carbonyl (C=O) groups excluding carboxylic acids is 2. The Morgan fingerprint density at radius 2 is 1.85 bits per heavy atom. The zero-order valence-electron chi connectivity index (χ0n) is 19.0. The lowest BCUT2D eigenvalue weighted by molar-refractivity contribution is 0.0526. The smallest absolute Gasteiger partial charge is 0.338 e. The second kappa shape index (κ2) is 10.5. The van der Waals surface area contributed by atoms with Gasteiger partial charge in [0.25, 0.3) is 5.91 Å². The van der Waals surface area contributed by atoms with E-state index in [1.54, 1.807) is 35.9 Å². The molecule has 0 saturated carbocycles. The second-order valence-corrected chi connectivity index (χ2v) is 7.33. The molecule has 0 aliphatic carbocycles. The molecule has 172 valence electrons. The number of halogens is 1. The molecule has 0 spiro atoms. The van der Waals surface area contributed by atoms with Crippen LogP contribution >= 0.6 is 0 Å². The van der Waals surface area contributed by atoms with Crippen molar-refractivity contribution in [3.63, 3.8) is 0 Å². The number of esters is 1.